The van der Waals surface area contributed by atoms with Crippen molar-refractivity contribution in [2.24, 2.45) is 29.4 Å². The summed E-state index contributed by atoms with van der Waals surface area (Å²) in [5.41, 5.74) is 6.55. The predicted molar refractivity (Wildman–Crippen MR) is 49.6 cm³/mol. The van der Waals surface area contributed by atoms with E-state index in [-0.39, 0.29) is 5.54 Å². The molecule has 0 heterocycles. The first-order valence-electron chi connectivity index (χ1n) is 5.46. The zero-order chi connectivity index (χ0) is 8.34. The van der Waals surface area contributed by atoms with Crippen molar-refractivity contribution < 1.29 is 0 Å². The Morgan fingerprint density at radius 2 is 1.83 bits per heavy atom. The van der Waals surface area contributed by atoms with Crippen LogP contribution in [-0.4, -0.2) is 5.54 Å². The van der Waals surface area contributed by atoms with Gasteiger partial charge in [-0.05, 0) is 62.7 Å². The molecule has 5 unspecified atom stereocenters. The lowest BCUT2D eigenvalue weighted by Gasteiger charge is -2.59. The van der Waals surface area contributed by atoms with Crippen molar-refractivity contribution in [1.29, 1.82) is 0 Å². The fraction of sp³-hybridized carbons (Fsp3) is 1.00. The molecule has 5 rings (SSSR count). The average Bonchev–Trinajstić information content (AvgIpc) is 2.03. The van der Waals surface area contributed by atoms with Crippen LogP contribution in [0.5, 0.6) is 0 Å². The maximum atomic E-state index is 6.35. The maximum Gasteiger partial charge on any atom is 0.0159 e. The summed E-state index contributed by atoms with van der Waals surface area (Å²) in [5, 5.41) is 0. The molecule has 0 aromatic heterocycles. The van der Waals surface area contributed by atoms with E-state index in [4.69, 9.17) is 5.73 Å². The van der Waals surface area contributed by atoms with Crippen LogP contribution in [0.25, 0.3) is 0 Å². The van der Waals surface area contributed by atoms with E-state index in [2.05, 4.69) is 6.92 Å². The smallest absolute Gasteiger partial charge is 0.0159 e. The van der Waals surface area contributed by atoms with Crippen molar-refractivity contribution in [3.05, 3.63) is 0 Å². The van der Waals surface area contributed by atoms with E-state index < -0.39 is 0 Å². The van der Waals surface area contributed by atoms with E-state index in [1.807, 2.05) is 0 Å². The summed E-state index contributed by atoms with van der Waals surface area (Å²) < 4.78 is 0. The first-order chi connectivity index (χ1) is 5.67. The van der Waals surface area contributed by atoms with Gasteiger partial charge in [0.05, 0.1) is 0 Å². The van der Waals surface area contributed by atoms with Crippen molar-refractivity contribution in [3.8, 4) is 0 Å². The van der Waals surface area contributed by atoms with Gasteiger partial charge in [0.25, 0.3) is 0 Å². The highest BCUT2D eigenvalue weighted by atomic mass is 14.8. The molecule has 0 spiro atoms. The van der Waals surface area contributed by atoms with Gasteiger partial charge in [-0.1, -0.05) is 0 Å². The molecular weight excluding hydrogens is 146 g/mol. The quantitative estimate of drug-likeness (QED) is 0.585. The lowest BCUT2D eigenvalue weighted by Crippen LogP contribution is -2.60. The first kappa shape index (κ1) is 7.37. The second-order valence-electron chi connectivity index (χ2n) is 5.65. The summed E-state index contributed by atoms with van der Waals surface area (Å²) in [6.07, 6.45) is 7.30. The normalized spacial score (nSPS) is 62.5. The van der Waals surface area contributed by atoms with Crippen molar-refractivity contribution in [2.75, 3.05) is 0 Å². The fourth-order valence-corrected chi connectivity index (χ4v) is 4.33. The van der Waals surface area contributed by atoms with E-state index in [1.54, 1.807) is 0 Å². The van der Waals surface area contributed by atoms with Crippen LogP contribution in [0.1, 0.15) is 39.0 Å². The average molecular weight is 165 g/mol. The van der Waals surface area contributed by atoms with Gasteiger partial charge in [-0.3, -0.25) is 0 Å². The Kier molecular flexibility index (Phi) is 1.27. The minimum atomic E-state index is 0.199. The highest BCUT2D eigenvalue weighted by Gasteiger charge is 2.53. The van der Waals surface area contributed by atoms with E-state index in [0.717, 1.165) is 23.7 Å². The Hall–Kier alpha value is -0.0400. The molecule has 5 saturated carbocycles. The molecule has 68 valence electrons. The van der Waals surface area contributed by atoms with Crippen molar-refractivity contribution in [1.82, 2.24) is 0 Å². The first-order valence-corrected chi connectivity index (χ1v) is 5.46. The Balaban J connectivity index is 1.96. The summed E-state index contributed by atoms with van der Waals surface area (Å²) in [5.74, 6) is 3.95. The van der Waals surface area contributed by atoms with Crippen molar-refractivity contribution in [3.63, 3.8) is 0 Å². The molecule has 12 heavy (non-hydrogen) atoms. The monoisotopic (exact) mass is 165 g/mol. The van der Waals surface area contributed by atoms with Gasteiger partial charge < -0.3 is 5.73 Å². The molecule has 0 radical (unpaired) electrons. The van der Waals surface area contributed by atoms with Crippen LogP contribution < -0.4 is 5.73 Å². The van der Waals surface area contributed by atoms with Crippen LogP contribution in [-0.2, 0) is 0 Å². The van der Waals surface area contributed by atoms with E-state index in [0.29, 0.717) is 0 Å². The molecule has 1 heteroatoms. The minimum absolute atomic E-state index is 0.199. The number of fused-ring (bicyclic) bond motifs is 2. The summed E-state index contributed by atoms with van der Waals surface area (Å²) in [4.78, 5) is 0. The van der Waals surface area contributed by atoms with Gasteiger partial charge in [0.2, 0.25) is 0 Å². The van der Waals surface area contributed by atoms with E-state index >= 15 is 0 Å². The van der Waals surface area contributed by atoms with Crippen LogP contribution in [0.2, 0.25) is 0 Å². The lowest BCUT2D eigenvalue weighted by molar-refractivity contribution is -0.0661. The summed E-state index contributed by atoms with van der Waals surface area (Å²) in [6, 6.07) is 0. The Morgan fingerprint density at radius 3 is 2.33 bits per heavy atom. The summed E-state index contributed by atoms with van der Waals surface area (Å²) in [7, 11) is 0. The molecule has 0 aromatic rings. The highest BCUT2D eigenvalue weighted by Crippen LogP contribution is 2.58. The van der Waals surface area contributed by atoms with E-state index in [1.165, 1.54) is 32.1 Å². The molecule has 0 saturated heterocycles. The molecule has 5 fully saturated rings. The predicted octanol–water partition coefficient (Wildman–Crippen LogP) is 2.16. The molecule has 1 nitrogen and oxygen atoms in total. The van der Waals surface area contributed by atoms with Crippen LogP contribution in [0.3, 0.4) is 0 Å². The molecule has 4 bridgehead atoms. The standard InChI is InChI=1S/C11H19N/c1-11(12)6-9-4-8-3-2-7(9)5-10(8)11/h7-10H,2-6,12H2,1H3. The zero-order valence-electron chi connectivity index (χ0n) is 7.92. The number of nitrogens with two attached hydrogens (primary N) is 1. The van der Waals surface area contributed by atoms with E-state index in [9.17, 15) is 0 Å². The fourth-order valence-electron chi connectivity index (χ4n) is 4.33. The van der Waals surface area contributed by atoms with Crippen LogP contribution in [0, 0.1) is 23.7 Å². The van der Waals surface area contributed by atoms with Gasteiger partial charge >= 0.3 is 0 Å². The van der Waals surface area contributed by atoms with Gasteiger partial charge in [0, 0.05) is 5.54 Å². The molecule has 5 atom stereocenters. The third kappa shape index (κ3) is 0.783. The minimum Gasteiger partial charge on any atom is -0.325 e. The Bertz CT molecular complexity index is 209. The Labute approximate surface area is 74.7 Å². The third-order valence-corrected chi connectivity index (χ3v) is 4.86. The topological polar surface area (TPSA) is 26.0 Å². The van der Waals surface area contributed by atoms with Crippen LogP contribution in [0.4, 0.5) is 0 Å². The molecule has 2 N–H and O–H groups in total. The summed E-state index contributed by atoms with van der Waals surface area (Å²) in [6.45, 7) is 2.29. The van der Waals surface area contributed by atoms with Crippen molar-refractivity contribution >= 4 is 0 Å². The third-order valence-electron chi connectivity index (χ3n) is 4.86. The van der Waals surface area contributed by atoms with Crippen LogP contribution in [0.15, 0.2) is 0 Å². The van der Waals surface area contributed by atoms with Crippen LogP contribution >= 0.6 is 0 Å². The molecule has 5 aliphatic rings. The molecule has 5 aliphatic carbocycles. The molecule has 0 aromatic carbocycles. The van der Waals surface area contributed by atoms with Crippen molar-refractivity contribution in [2.45, 2.75) is 44.6 Å². The van der Waals surface area contributed by atoms with Gasteiger partial charge in [-0.2, -0.15) is 0 Å². The van der Waals surface area contributed by atoms with Gasteiger partial charge in [0.15, 0.2) is 0 Å². The SMILES string of the molecule is CC1(N)CC2CC3CCC2CC31. The maximum absolute atomic E-state index is 6.35. The lowest BCUT2D eigenvalue weighted by atomic mass is 9.48. The number of hydrogen-bond acceptors (Lipinski definition) is 1. The molecule has 0 amide bonds. The second-order valence-corrected chi connectivity index (χ2v) is 5.65. The second kappa shape index (κ2) is 2.06. The molecular formula is C11H19N. The molecule has 0 aliphatic heterocycles. The van der Waals surface area contributed by atoms with Gasteiger partial charge in [0.1, 0.15) is 0 Å². The highest BCUT2D eigenvalue weighted by molar-refractivity contribution is 5.07. The zero-order valence-corrected chi connectivity index (χ0v) is 7.92. The summed E-state index contributed by atoms with van der Waals surface area (Å²) >= 11 is 0. The number of rotatable bonds is 0. The van der Waals surface area contributed by atoms with Gasteiger partial charge in [-0.25, -0.2) is 0 Å². The van der Waals surface area contributed by atoms with Gasteiger partial charge in [-0.15, -0.1) is 0 Å². The number of hydrogen-bond donors (Lipinski definition) is 1. The largest absolute Gasteiger partial charge is 0.325 e. The Morgan fingerprint density at radius 1 is 1.08 bits per heavy atom.